The van der Waals surface area contributed by atoms with E-state index in [1.54, 1.807) is 0 Å². The lowest BCUT2D eigenvalue weighted by Crippen LogP contribution is -2.80. The van der Waals surface area contributed by atoms with Gasteiger partial charge in [0.05, 0.1) is 16.5 Å². The highest BCUT2D eigenvalue weighted by atomic mass is 35.5. The largest absolute Gasteiger partial charge is 0.298 e. The van der Waals surface area contributed by atoms with Crippen LogP contribution in [-0.4, -0.2) is 41.4 Å². The number of carbonyl (C=O) groups excluding carboxylic acids is 1. The number of fused-ring (bicyclic) bond motifs is 1. The van der Waals surface area contributed by atoms with Crippen LogP contribution in [0.1, 0.15) is 19.4 Å². The van der Waals surface area contributed by atoms with E-state index in [0.717, 1.165) is 24.5 Å². The molecule has 114 valence electrons. The maximum absolute atomic E-state index is 13.1. The number of piperidine rings is 3. The van der Waals surface area contributed by atoms with E-state index in [-0.39, 0.29) is 23.3 Å². The Bertz CT molecular complexity index is 744. The summed E-state index contributed by atoms with van der Waals surface area (Å²) in [6.45, 7) is 5.98. The first-order valence-electron chi connectivity index (χ1n) is 8.08. The van der Waals surface area contributed by atoms with Crippen LogP contribution in [0.2, 0.25) is 0 Å². The van der Waals surface area contributed by atoms with Gasteiger partial charge in [-0.25, -0.2) is 0 Å². The molecule has 4 aliphatic heterocycles. The Kier molecular flexibility index (Phi) is 2.31. The number of rotatable bonds is 1. The number of carbonyl (C=O) groups is 1. The lowest BCUT2D eigenvalue weighted by molar-refractivity contribution is -0.151. The standard InChI is InChI=1S/C18H19ClN2O/c1-10-11-8-21-9-17(2,15(11)22)16-18(10,14(21)7-19)12-5-3-4-6-13(12)20-16/h3-6,10-11,14H,7-9H2,1-2H3/t10-,11-,14-,17-,18+/m0/s1. The van der Waals surface area contributed by atoms with Gasteiger partial charge >= 0.3 is 0 Å². The summed E-state index contributed by atoms with van der Waals surface area (Å²) in [5.41, 5.74) is 2.83. The topological polar surface area (TPSA) is 32.7 Å². The molecule has 6 atom stereocenters. The third-order valence-electron chi connectivity index (χ3n) is 6.76. The molecule has 1 aromatic rings. The van der Waals surface area contributed by atoms with E-state index in [0.29, 0.717) is 11.7 Å². The van der Waals surface area contributed by atoms with Crippen molar-refractivity contribution >= 4 is 28.8 Å². The molecule has 3 saturated heterocycles. The van der Waals surface area contributed by atoms with Gasteiger partial charge in [-0.2, -0.15) is 0 Å². The number of alkyl halides is 1. The fourth-order valence-corrected chi connectivity index (χ4v) is 6.31. The van der Waals surface area contributed by atoms with Gasteiger partial charge in [-0.05, 0) is 24.5 Å². The fourth-order valence-electron chi connectivity index (χ4n) is 5.88. The van der Waals surface area contributed by atoms with Crippen molar-refractivity contribution in [3.8, 4) is 0 Å². The van der Waals surface area contributed by atoms with Crippen molar-refractivity contribution in [2.45, 2.75) is 25.3 Å². The van der Waals surface area contributed by atoms with Crippen LogP contribution in [0.15, 0.2) is 29.3 Å². The zero-order valence-corrected chi connectivity index (χ0v) is 13.6. The minimum Gasteiger partial charge on any atom is -0.298 e. The number of aliphatic imine (C=N–C) groups is 1. The summed E-state index contributed by atoms with van der Waals surface area (Å²) in [4.78, 5) is 20.5. The number of hydrogen-bond donors (Lipinski definition) is 0. The lowest BCUT2D eigenvalue weighted by Gasteiger charge is -2.67. The lowest BCUT2D eigenvalue weighted by atomic mass is 9.44. The Balaban J connectivity index is 1.88. The molecule has 1 saturated carbocycles. The van der Waals surface area contributed by atoms with Crippen LogP contribution in [0.4, 0.5) is 5.69 Å². The fraction of sp³-hybridized carbons (Fsp3) is 0.556. The normalized spacial score (nSPS) is 47.4. The first-order chi connectivity index (χ1) is 10.5. The molecule has 3 nitrogen and oxygen atoms in total. The van der Waals surface area contributed by atoms with Gasteiger partial charge in [-0.1, -0.05) is 25.1 Å². The van der Waals surface area contributed by atoms with Crippen molar-refractivity contribution in [3.05, 3.63) is 29.8 Å². The quantitative estimate of drug-likeness (QED) is 0.747. The molecule has 1 aliphatic carbocycles. The maximum atomic E-state index is 13.1. The molecular formula is C18H19ClN2O. The SMILES string of the molecule is C[C@H]1[C@@H]2CN3C[C@@](C)(C2=O)C2=Nc4ccccc4[C@]21[C@@H]3CCl. The van der Waals surface area contributed by atoms with E-state index < -0.39 is 5.41 Å². The van der Waals surface area contributed by atoms with Crippen molar-refractivity contribution in [1.82, 2.24) is 4.90 Å². The molecule has 4 heterocycles. The molecule has 1 aromatic carbocycles. The highest BCUT2D eigenvalue weighted by Gasteiger charge is 2.73. The predicted molar refractivity (Wildman–Crippen MR) is 87.1 cm³/mol. The van der Waals surface area contributed by atoms with Crippen LogP contribution in [-0.2, 0) is 10.2 Å². The van der Waals surface area contributed by atoms with Gasteiger partial charge in [-0.15, -0.1) is 11.6 Å². The third-order valence-corrected chi connectivity index (χ3v) is 7.05. The van der Waals surface area contributed by atoms with E-state index in [1.165, 1.54) is 5.56 Å². The van der Waals surface area contributed by atoms with E-state index in [2.05, 4.69) is 36.9 Å². The Morgan fingerprint density at radius 1 is 1.41 bits per heavy atom. The monoisotopic (exact) mass is 314 g/mol. The highest BCUT2D eigenvalue weighted by Crippen LogP contribution is 2.63. The van der Waals surface area contributed by atoms with E-state index >= 15 is 0 Å². The van der Waals surface area contributed by atoms with Crippen LogP contribution in [0.3, 0.4) is 0 Å². The average Bonchev–Trinajstić information content (AvgIpc) is 2.87. The minimum atomic E-state index is -0.434. The summed E-state index contributed by atoms with van der Waals surface area (Å²) >= 11 is 6.44. The second kappa shape index (κ2) is 3.82. The summed E-state index contributed by atoms with van der Waals surface area (Å²) in [6.07, 6.45) is 0. The van der Waals surface area contributed by atoms with Gasteiger partial charge < -0.3 is 0 Å². The average molecular weight is 315 g/mol. The summed E-state index contributed by atoms with van der Waals surface area (Å²) in [5, 5.41) is 0. The minimum absolute atomic E-state index is 0.114. The zero-order valence-electron chi connectivity index (χ0n) is 12.8. The van der Waals surface area contributed by atoms with Crippen LogP contribution in [0.5, 0.6) is 0 Å². The smallest absolute Gasteiger partial charge is 0.150 e. The molecule has 5 aliphatic rings. The summed E-state index contributed by atoms with van der Waals surface area (Å²) in [5.74, 6) is 1.37. The molecule has 0 radical (unpaired) electrons. The summed E-state index contributed by atoms with van der Waals surface area (Å²) < 4.78 is 0. The molecule has 6 rings (SSSR count). The van der Waals surface area contributed by atoms with Crippen LogP contribution in [0, 0.1) is 17.3 Å². The van der Waals surface area contributed by atoms with Crippen molar-refractivity contribution < 1.29 is 4.79 Å². The first kappa shape index (κ1) is 13.3. The highest BCUT2D eigenvalue weighted by molar-refractivity contribution is 6.23. The van der Waals surface area contributed by atoms with Gasteiger partial charge in [0.15, 0.2) is 0 Å². The van der Waals surface area contributed by atoms with E-state index in [1.807, 2.05) is 6.07 Å². The first-order valence-corrected chi connectivity index (χ1v) is 8.62. The Hall–Kier alpha value is -1.19. The zero-order chi connectivity index (χ0) is 15.3. The molecule has 0 N–H and O–H groups in total. The summed E-state index contributed by atoms with van der Waals surface area (Å²) in [7, 11) is 0. The van der Waals surface area contributed by atoms with E-state index in [9.17, 15) is 4.79 Å². The number of hydrogen-bond acceptors (Lipinski definition) is 3. The van der Waals surface area contributed by atoms with Crippen LogP contribution < -0.4 is 0 Å². The van der Waals surface area contributed by atoms with Crippen molar-refractivity contribution in [3.63, 3.8) is 0 Å². The Morgan fingerprint density at radius 2 is 2.18 bits per heavy atom. The molecule has 4 bridgehead atoms. The number of para-hydroxylation sites is 1. The number of halogens is 1. The van der Waals surface area contributed by atoms with Crippen molar-refractivity contribution in [2.75, 3.05) is 19.0 Å². The van der Waals surface area contributed by atoms with Gasteiger partial charge in [0.2, 0.25) is 0 Å². The molecule has 0 aromatic heterocycles. The molecule has 22 heavy (non-hydrogen) atoms. The molecule has 4 fully saturated rings. The van der Waals surface area contributed by atoms with Crippen molar-refractivity contribution in [2.24, 2.45) is 22.2 Å². The van der Waals surface area contributed by atoms with Gasteiger partial charge in [0.1, 0.15) is 5.78 Å². The second-order valence-electron chi connectivity index (χ2n) is 7.54. The second-order valence-corrected chi connectivity index (χ2v) is 7.85. The number of ketones is 1. The van der Waals surface area contributed by atoms with Gasteiger partial charge in [0, 0.05) is 36.6 Å². The Morgan fingerprint density at radius 3 is 2.95 bits per heavy atom. The van der Waals surface area contributed by atoms with Gasteiger partial charge in [0.25, 0.3) is 0 Å². The van der Waals surface area contributed by atoms with Crippen LogP contribution in [0.25, 0.3) is 0 Å². The third kappa shape index (κ3) is 1.13. The molecule has 4 heteroatoms. The molecule has 1 spiro atoms. The number of Topliss-reactive ketones (excluding diaryl/α,β-unsaturated/α-hetero) is 1. The molecular weight excluding hydrogens is 296 g/mol. The maximum Gasteiger partial charge on any atom is 0.150 e. The predicted octanol–water partition coefficient (Wildman–Crippen LogP) is 2.79. The number of benzene rings is 1. The van der Waals surface area contributed by atoms with Crippen molar-refractivity contribution in [1.29, 1.82) is 0 Å². The van der Waals surface area contributed by atoms with Crippen LogP contribution >= 0.6 is 11.6 Å². The van der Waals surface area contributed by atoms with E-state index in [4.69, 9.17) is 16.6 Å². The molecule has 1 unspecified atom stereocenters. The number of nitrogens with zero attached hydrogens (tertiary/aromatic N) is 2. The Labute approximate surface area is 135 Å². The molecule has 0 amide bonds. The summed E-state index contributed by atoms with van der Waals surface area (Å²) in [6, 6.07) is 8.66. The van der Waals surface area contributed by atoms with Gasteiger partial charge in [-0.3, -0.25) is 14.7 Å².